The summed E-state index contributed by atoms with van der Waals surface area (Å²) in [6.07, 6.45) is 3.59. The van der Waals surface area contributed by atoms with Crippen molar-refractivity contribution in [1.29, 1.82) is 0 Å². The molecule has 2 aromatic heterocycles. The van der Waals surface area contributed by atoms with Crippen molar-refractivity contribution in [2.75, 3.05) is 0 Å². The van der Waals surface area contributed by atoms with Gasteiger partial charge in [-0.25, -0.2) is 9.36 Å². The topological polar surface area (TPSA) is 99.8 Å². The monoisotopic (exact) mass is 324 g/mol. The minimum absolute atomic E-state index is 0.186. The van der Waals surface area contributed by atoms with Crippen LogP contribution >= 0.6 is 0 Å². The first kappa shape index (κ1) is 14.5. The Labute approximate surface area is 136 Å². The molecule has 1 amide bonds. The molecule has 1 aliphatic carbocycles. The summed E-state index contributed by atoms with van der Waals surface area (Å²) in [5.74, 6) is -0.320. The zero-order valence-corrected chi connectivity index (χ0v) is 12.8. The van der Waals surface area contributed by atoms with Gasteiger partial charge in [0.2, 0.25) is 5.91 Å². The Kier molecular flexibility index (Phi) is 3.34. The van der Waals surface area contributed by atoms with Crippen LogP contribution in [0.25, 0.3) is 22.2 Å². The van der Waals surface area contributed by atoms with Gasteiger partial charge in [0.05, 0.1) is 5.52 Å². The van der Waals surface area contributed by atoms with Gasteiger partial charge in [-0.3, -0.25) is 9.59 Å². The molecule has 0 aliphatic heterocycles. The standard InChI is InChI=1S/C17H16N4O3/c22-13(19-11-6-7-11)9-21-16(23)15-14(20-17(21)24)12(8-18-15)10-4-2-1-3-5-10/h1-5,8,11,18H,6-7,9H2,(H,19,22)(H,20,24). The third kappa shape index (κ3) is 2.54. The third-order valence-corrected chi connectivity index (χ3v) is 4.15. The van der Waals surface area contributed by atoms with E-state index in [1.165, 1.54) is 0 Å². The minimum atomic E-state index is -0.588. The van der Waals surface area contributed by atoms with Gasteiger partial charge in [-0.2, -0.15) is 0 Å². The van der Waals surface area contributed by atoms with Crippen molar-refractivity contribution in [2.24, 2.45) is 0 Å². The molecule has 1 fully saturated rings. The maximum absolute atomic E-state index is 12.6. The molecule has 1 aromatic carbocycles. The Morgan fingerprint density at radius 1 is 1.17 bits per heavy atom. The smallest absolute Gasteiger partial charge is 0.329 e. The van der Waals surface area contributed by atoms with Gasteiger partial charge in [-0.1, -0.05) is 30.3 Å². The molecule has 0 saturated heterocycles. The number of aromatic amines is 2. The molecule has 0 radical (unpaired) electrons. The number of hydrogen-bond donors (Lipinski definition) is 3. The average Bonchev–Trinajstić information content (AvgIpc) is 3.29. The zero-order valence-electron chi connectivity index (χ0n) is 12.8. The second-order valence-electron chi connectivity index (χ2n) is 5.98. The first-order chi connectivity index (χ1) is 11.6. The van der Waals surface area contributed by atoms with E-state index in [4.69, 9.17) is 0 Å². The molecule has 7 heteroatoms. The number of benzene rings is 1. The molecule has 2 heterocycles. The largest absolute Gasteiger partial charge is 0.355 e. The highest BCUT2D eigenvalue weighted by molar-refractivity contribution is 5.91. The first-order valence-corrected chi connectivity index (χ1v) is 7.82. The predicted molar refractivity (Wildman–Crippen MR) is 89.8 cm³/mol. The molecular formula is C17H16N4O3. The van der Waals surface area contributed by atoms with Gasteiger partial charge in [0.15, 0.2) is 0 Å². The van der Waals surface area contributed by atoms with Crippen LogP contribution in [-0.2, 0) is 11.3 Å². The molecule has 0 atom stereocenters. The van der Waals surface area contributed by atoms with Gasteiger partial charge in [-0.15, -0.1) is 0 Å². The summed E-state index contributed by atoms with van der Waals surface area (Å²) in [6, 6.07) is 9.65. The molecule has 1 aliphatic rings. The van der Waals surface area contributed by atoms with Crippen molar-refractivity contribution >= 4 is 16.9 Å². The van der Waals surface area contributed by atoms with Crippen molar-refractivity contribution in [2.45, 2.75) is 25.4 Å². The van der Waals surface area contributed by atoms with E-state index in [0.717, 1.165) is 28.5 Å². The Morgan fingerprint density at radius 2 is 1.92 bits per heavy atom. The third-order valence-electron chi connectivity index (χ3n) is 4.15. The van der Waals surface area contributed by atoms with E-state index in [1.807, 2.05) is 30.3 Å². The lowest BCUT2D eigenvalue weighted by molar-refractivity contribution is -0.121. The van der Waals surface area contributed by atoms with Crippen LogP contribution in [-0.4, -0.2) is 26.5 Å². The number of amides is 1. The summed E-state index contributed by atoms with van der Waals surface area (Å²) >= 11 is 0. The molecule has 1 saturated carbocycles. The zero-order chi connectivity index (χ0) is 16.7. The SMILES string of the molecule is O=C(Cn1c(=O)[nH]c2c(-c3ccccc3)c[nH]c2c1=O)NC1CC1. The molecule has 3 aromatic rings. The molecule has 4 rings (SSSR count). The maximum Gasteiger partial charge on any atom is 0.329 e. The van der Waals surface area contributed by atoms with Gasteiger partial charge < -0.3 is 15.3 Å². The van der Waals surface area contributed by atoms with Crippen LogP contribution in [0, 0.1) is 0 Å². The second-order valence-corrected chi connectivity index (χ2v) is 5.98. The Hall–Kier alpha value is -3.09. The summed E-state index contributed by atoms with van der Waals surface area (Å²) in [5, 5.41) is 2.77. The fraction of sp³-hybridized carbons (Fsp3) is 0.235. The lowest BCUT2D eigenvalue weighted by Crippen LogP contribution is -2.41. The number of hydrogen-bond acceptors (Lipinski definition) is 3. The summed E-state index contributed by atoms with van der Waals surface area (Å²) in [4.78, 5) is 42.4. The van der Waals surface area contributed by atoms with Gasteiger partial charge in [0.1, 0.15) is 12.1 Å². The Balaban J connectivity index is 1.77. The highest BCUT2D eigenvalue weighted by Crippen LogP contribution is 2.24. The van der Waals surface area contributed by atoms with Gasteiger partial charge in [-0.05, 0) is 18.4 Å². The number of fused-ring (bicyclic) bond motifs is 1. The van der Waals surface area contributed by atoms with E-state index in [2.05, 4.69) is 15.3 Å². The van der Waals surface area contributed by atoms with Crippen molar-refractivity contribution in [3.63, 3.8) is 0 Å². The van der Waals surface area contributed by atoms with Crippen molar-refractivity contribution in [3.05, 3.63) is 57.4 Å². The van der Waals surface area contributed by atoms with E-state index in [0.29, 0.717) is 5.52 Å². The maximum atomic E-state index is 12.6. The van der Waals surface area contributed by atoms with Crippen molar-refractivity contribution < 1.29 is 4.79 Å². The van der Waals surface area contributed by atoms with E-state index >= 15 is 0 Å². The van der Waals surface area contributed by atoms with Crippen LogP contribution in [0.15, 0.2) is 46.1 Å². The summed E-state index contributed by atoms with van der Waals surface area (Å²) < 4.78 is 0.922. The number of nitrogens with one attached hydrogen (secondary N) is 3. The highest BCUT2D eigenvalue weighted by atomic mass is 16.2. The highest BCUT2D eigenvalue weighted by Gasteiger charge is 2.24. The van der Waals surface area contributed by atoms with E-state index in [1.54, 1.807) is 6.20 Å². The molecule has 0 spiro atoms. The average molecular weight is 324 g/mol. The van der Waals surface area contributed by atoms with Crippen LogP contribution in [0.4, 0.5) is 0 Å². The van der Waals surface area contributed by atoms with Crippen molar-refractivity contribution in [1.82, 2.24) is 19.9 Å². The van der Waals surface area contributed by atoms with Crippen LogP contribution in [0.1, 0.15) is 12.8 Å². The Bertz CT molecular complexity index is 1030. The first-order valence-electron chi connectivity index (χ1n) is 7.82. The minimum Gasteiger partial charge on any atom is -0.355 e. The lowest BCUT2D eigenvalue weighted by atomic mass is 10.1. The number of carbonyl (C=O) groups excluding carboxylic acids is 1. The normalized spacial score (nSPS) is 14.0. The molecule has 122 valence electrons. The van der Waals surface area contributed by atoms with Gasteiger partial charge in [0.25, 0.3) is 5.56 Å². The van der Waals surface area contributed by atoms with Crippen LogP contribution in [0.2, 0.25) is 0 Å². The molecule has 0 bridgehead atoms. The lowest BCUT2D eigenvalue weighted by Gasteiger charge is -2.06. The van der Waals surface area contributed by atoms with Crippen LogP contribution < -0.4 is 16.6 Å². The number of aromatic nitrogens is 3. The number of carbonyl (C=O) groups is 1. The fourth-order valence-corrected chi connectivity index (χ4v) is 2.76. The van der Waals surface area contributed by atoms with Gasteiger partial charge >= 0.3 is 5.69 Å². The molecular weight excluding hydrogens is 308 g/mol. The summed E-state index contributed by atoms with van der Waals surface area (Å²) in [6.45, 7) is -0.277. The molecule has 7 nitrogen and oxygen atoms in total. The van der Waals surface area contributed by atoms with E-state index in [9.17, 15) is 14.4 Å². The van der Waals surface area contributed by atoms with Crippen LogP contribution in [0.3, 0.4) is 0 Å². The summed E-state index contributed by atoms with van der Waals surface area (Å²) in [7, 11) is 0. The number of rotatable bonds is 4. The van der Waals surface area contributed by atoms with Crippen LogP contribution in [0.5, 0.6) is 0 Å². The molecule has 24 heavy (non-hydrogen) atoms. The van der Waals surface area contributed by atoms with E-state index < -0.39 is 11.2 Å². The van der Waals surface area contributed by atoms with E-state index in [-0.39, 0.29) is 24.0 Å². The molecule has 0 unspecified atom stereocenters. The Morgan fingerprint density at radius 3 is 2.62 bits per heavy atom. The van der Waals surface area contributed by atoms with Gasteiger partial charge in [0, 0.05) is 17.8 Å². The fourth-order valence-electron chi connectivity index (χ4n) is 2.76. The molecule has 3 N–H and O–H groups in total. The van der Waals surface area contributed by atoms with Crippen molar-refractivity contribution in [3.8, 4) is 11.1 Å². The number of H-pyrrole nitrogens is 2. The number of nitrogens with zero attached hydrogens (tertiary/aromatic N) is 1. The predicted octanol–water partition coefficient (Wildman–Crippen LogP) is 0.963. The second kappa shape index (κ2) is 5.52. The quantitative estimate of drug-likeness (QED) is 0.666. The summed E-state index contributed by atoms with van der Waals surface area (Å²) in [5.41, 5.74) is 1.29.